The first-order valence-corrected chi connectivity index (χ1v) is 8.06. The Hall–Kier alpha value is -1.04. The van der Waals surface area contributed by atoms with Crippen LogP contribution in [0.5, 0.6) is 0 Å². The summed E-state index contributed by atoms with van der Waals surface area (Å²) < 4.78 is 5.31. The van der Waals surface area contributed by atoms with E-state index in [2.05, 4.69) is 15.5 Å². The highest BCUT2D eigenvalue weighted by molar-refractivity contribution is 7.98. The average Bonchev–Trinajstić information content (AvgIpc) is 3.11. The first-order valence-electron chi connectivity index (χ1n) is 6.70. The molecule has 0 aliphatic carbocycles. The second-order valence-electron chi connectivity index (χ2n) is 4.91. The van der Waals surface area contributed by atoms with Gasteiger partial charge in [-0.15, -0.1) is 11.8 Å². The Morgan fingerprint density at radius 1 is 1.35 bits per heavy atom. The number of nitrogens with one attached hydrogen (secondary N) is 1. The Kier molecular flexibility index (Phi) is 4.60. The van der Waals surface area contributed by atoms with Crippen molar-refractivity contribution in [3.63, 3.8) is 0 Å². The van der Waals surface area contributed by atoms with Gasteiger partial charge in [-0.25, -0.2) is 0 Å². The second-order valence-corrected chi connectivity index (χ2v) is 6.40. The fourth-order valence-corrected chi connectivity index (χ4v) is 3.11. The number of rotatable bonds is 5. The number of hydrogen-bond donors (Lipinski definition) is 1. The van der Waals surface area contributed by atoms with Crippen LogP contribution in [0.25, 0.3) is 0 Å². The van der Waals surface area contributed by atoms with E-state index in [9.17, 15) is 0 Å². The molecule has 3 rings (SSSR count). The van der Waals surface area contributed by atoms with Crippen molar-refractivity contribution in [2.24, 2.45) is 5.92 Å². The zero-order valence-corrected chi connectivity index (χ0v) is 12.6. The molecule has 2 heterocycles. The van der Waals surface area contributed by atoms with E-state index in [1.54, 1.807) is 11.8 Å². The topological polar surface area (TPSA) is 51.0 Å². The van der Waals surface area contributed by atoms with Gasteiger partial charge in [0, 0.05) is 16.3 Å². The molecule has 1 N–H and O–H groups in total. The van der Waals surface area contributed by atoms with Crippen molar-refractivity contribution in [1.29, 1.82) is 0 Å². The lowest BCUT2D eigenvalue weighted by molar-refractivity contribution is 0.354. The predicted molar refractivity (Wildman–Crippen MR) is 80.0 cm³/mol. The Morgan fingerprint density at radius 3 is 2.95 bits per heavy atom. The summed E-state index contributed by atoms with van der Waals surface area (Å²) in [5, 5.41) is 8.13. The molecule has 106 valence electrons. The van der Waals surface area contributed by atoms with Crippen LogP contribution < -0.4 is 5.32 Å². The van der Waals surface area contributed by atoms with Gasteiger partial charge < -0.3 is 9.84 Å². The molecule has 1 atom stereocenters. The van der Waals surface area contributed by atoms with Crippen molar-refractivity contribution in [2.75, 3.05) is 13.1 Å². The summed E-state index contributed by atoms with van der Waals surface area (Å²) in [6, 6.07) is 7.77. The van der Waals surface area contributed by atoms with Crippen LogP contribution in [-0.2, 0) is 12.2 Å². The normalized spacial score (nSPS) is 18.6. The molecule has 4 nitrogen and oxygen atoms in total. The van der Waals surface area contributed by atoms with Gasteiger partial charge in [0.1, 0.15) is 0 Å². The van der Waals surface area contributed by atoms with E-state index in [0.717, 1.165) is 41.1 Å². The molecule has 1 fully saturated rings. The minimum Gasteiger partial charge on any atom is -0.339 e. The van der Waals surface area contributed by atoms with Gasteiger partial charge >= 0.3 is 0 Å². The van der Waals surface area contributed by atoms with Crippen molar-refractivity contribution >= 4 is 23.4 Å². The van der Waals surface area contributed by atoms with Crippen LogP contribution in [0.15, 0.2) is 33.7 Å². The van der Waals surface area contributed by atoms with Crippen molar-refractivity contribution in [1.82, 2.24) is 15.5 Å². The van der Waals surface area contributed by atoms with Gasteiger partial charge in [0.15, 0.2) is 5.82 Å². The summed E-state index contributed by atoms with van der Waals surface area (Å²) in [5.41, 5.74) is 0. The number of aromatic nitrogens is 2. The first kappa shape index (κ1) is 13.9. The zero-order valence-electron chi connectivity index (χ0n) is 11.0. The van der Waals surface area contributed by atoms with Gasteiger partial charge in [0.2, 0.25) is 5.89 Å². The van der Waals surface area contributed by atoms with Crippen LogP contribution >= 0.6 is 23.4 Å². The van der Waals surface area contributed by atoms with Crippen LogP contribution in [0.4, 0.5) is 0 Å². The maximum atomic E-state index is 5.86. The highest BCUT2D eigenvalue weighted by Gasteiger charge is 2.18. The molecule has 1 saturated heterocycles. The van der Waals surface area contributed by atoms with E-state index in [0.29, 0.717) is 11.7 Å². The Bertz CT molecular complexity index is 552. The van der Waals surface area contributed by atoms with Crippen molar-refractivity contribution in [3.8, 4) is 0 Å². The standard InChI is InChI=1S/C14H16ClN3OS/c15-11-1-3-12(4-2-11)20-9-13-17-14(19-18-13)7-10-5-6-16-8-10/h1-4,10,16H,5-9H2. The minimum atomic E-state index is 0.632. The fourth-order valence-electron chi connectivity index (χ4n) is 2.25. The molecule has 0 saturated carbocycles. The number of thioether (sulfide) groups is 1. The van der Waals surface area contributed by atoms with E-state index < -0.39 is 0 Å². The van der Waals surface area contributed by atoms with Gasteiger partial charge in [-0.1, -0.05) is 16.8 Å². The predicted octanol–water partition coefficient (Wildman–Crippen LogP) is 3.17. The summed E-state index contributed by atoms with van der Waals surface area (Å²) >= 11 is 7.54. The molecule has 1 unspecified atom stereocenters. The smallest absolute Gasteiger partial charge is 0.226 e. The highest BCUT2D eigenvalue weighted by Crippen LogP contribution is 2.23. The van der Waals surface area contributed by atoms with Crippen LogP contribution in [0.3, 0.4) is 0 Å². The summed E-state index contributed by atoms with van der Waals surface area (Å²) in [5.74, 6) is 2.86. The molecular formula is C14H16ClN3OS. The number of nitrogens with zero attached hydrogens (tertiary/aromatic N) is 2. The average molecular weight is 310 g/mol. The lowest BCUT2D eigenvalue weighted by Gasteiger charge is -2.01. The van der Waals surface area contributed by atoms with E-state index >= 15 is 0 Å². The molecule has 1 aliphatic heterocycles. The molecule has 20 heavy (non-hydrogen) atoms. The number of halogens is 1. The summed E-state index contributed by atoms with van der Waals surface area (Å²) in [6.45, 7) is 2.15. The fraction of sp³-hybridized carbons (Fsp3) is 0.429. The lowest BCUT2D eigenvalue weighted by atomic mass is 10.1. The Morgan fingerprint density at radius 2 is 2.20 bits per heavy atom. The van der Waals surface area contributed by atoms with E-state index in [1.807, 2.05) is 24.3 Å². The summed E-state index contributed by atoms with van der Waals surface area (Å²) in [7, 11) is 0. The van der Waals surface area contributed by atoms with Gasteiger partial charge in [-0.2, -0.15) is 4.98 Å². The third kappa shape index (κ3) is 3.75. The van der Waals surface area contributed by atoms with E-state index in [4.69, 9.17) is 16.1 Å². The molecule has 0 bridgehead atoms. The first-order chi connectivity index (χ1) is 9.79. The van der Waals surface area contributed by atoms with Gasteiger partial charge in [-0.3, -0.25) is 0 Å². The molecule has 6 heteroatoms. The van der Waals surface area contributed by atoms with Crippen LogP contribution in [0.1, 0.15) is 18.1 Å². The highest BCUT2D eigenvalue weighted by atomic mass is 35.5. The molecular weight excluding hydrogens is 294 g/mol. The van der Waals surface area contributed by atoms with E-state index in [-0.39, 0.29) is 0 Å². The maximum Gasteiger partial charge on any atom is 0.226 e. The van der Waals surface area contributed by atoms with Crippen LogP contribution in [0, 0.1) is 5.92 Å². The molecule has 1 aromatic carbocycles. The van der Waals surface area contributed by atoms with Gasteiger partial charge in [0.25, 0.3) is 0 Å². The summed E-state index contributed by atoms with van der Waals surface area (Å²) in [4.78, 5) is 5.61. The molecule has 1 aromatic heterocycles. The Balaban J connectivity index is 1.52. The third-order valence-corrected chi connectivity index (χ3v) is 4.58. The minimum absolute atomic E-state index is 0.632. The lowest BCUT2D eigenvalue weighted by Crippen LogP contribution is -2.10. The quantitative estimate of drug-likeness (QED) is 0.860. The third-order valence-electron chi connectivity index (χ3n) is 3.32. The van der Waals surface area contributed by atoms with E-state index in [1.165, 1.54) is 6.42 Å². The molecule has 0 amide bonds. The molecule has 0 spiro atoms. The number of benzene rings is 1. The largest absolute Gasteiger partial charge is 0.339 e. The van der Waals surface area contributed by atoms with Crippen LogP contribution in [-0.4, -0.2) is 23.2 Å². The van der Waals surface area contributed by atoms with Crippen LogP contribution in [0.2, 0.25) is 5.02 Å². The number of hydrogen-bond acceptors (Lipinski definition) is 5. The van der Waals surface area contributed by atoms with Gasteiger partial charge in [-0.05, 0) is 49.7 Å². The van der Waals surface area contributed by atoms with Crippen molar-refractivity contribution < 1.29 is 4.52 Å². The zero-order chi connectivity index (χ0) is 13.8. The molecule has 0 radical (unpaired) electrons. The maximum absolute atomic E-state index is 5.86. The van der Waals surface area contributed by atoms with Crippen molar-refractivity contribution in [2.45, 2.75) is 23.5 Å². The SMILES string of the molecule is Clc1ccc(SCc2noc(CC3CCNC3)n2)cc1. The molecule has 1 aliphatic rings. The van der Waals surface area contributed by atoms with Crippen molar-refractivity contribution in [3.05, 3.63) is 41.0 Å². The summed E-state index contributed by atoms with van der Waals surface area (Å²) in [6.07, 6.45) is 2.07. The second kappa shape index (κ2) is 6.61. The van der Waals surface area contributed by atoms with Gasteiger partial charge in [0.05, 0.1) is 5.75 Å². The molecule has 2 aromatic rings. The Labute approximate surface area is 127 Å². The monoisotopic (exact) mass is 309 g/mol.